The van der Waals surface area contributed by atoms with Crippen LogP contribution in [0.4, 0.5) is 4.39 Å². The normalized spacial score (nSPS) is 23.9. The minimum Gasteiger partial charge on any atom is -0.299 e. The van der Waals surface area contributed by atoms with Crippen LogP contribution in [-0.4, -0.2) is 5.78 Å². The van der Waals surface area contributed by atoms with Crippen LogP contribution in [-0.2, 0) is 11.2 Å². The largest absolute Gasteiger partial charge is 0.299 e. The van der Waals surface area contributed by atoms with Crippen molar-refractivity contribution < 1.29 is 9.18 Å². The Labute approximate surface area is 110 Å². The van der Waals surface area contributed by atoms with Gasteiger partial charge in [-0.1, -0.05) is 22.9 Å². The minimum atomic E-state index is -0.282. The molecule has 0 saturated heterocycles. The summed E-state index contributed by atoms with van der Waals surface area (Å²) in [6.45, 7) is 2.19. The number of carbonyl (C=O) groups is 1. The third-order valence-electron chi connectivity index (χ3n) is 3.52. The van der Waals surface area contributed by atoms with E-state index in [0.29, 0.717) is 12.3 Å². The van der Waals surface area contributed by atoms with Crippen molar-refractivity contribution in [2.24, 2.45) is 11.8 Å². The van der Waals surface area contributed by atoms with E-state index in [-0.39, 0.29) is 17.5 Å². The minimum absolute atomic E-state index is 0.181. The molecule has 92 valence electrons. The van der Waals surface area contributed by atoms with Crippen molar-refractivity contribution in [2.75, 3.05) is 0 Å². The Hall–Kier alpha value is -0.700. The van der Waals surface area contributed by atoms with Crippen molar-refractivity contribution in [3.63, 3.8) is 0 Å². The molecule has 0 bridgehead atoms. The molecule has 1 saturated carbocycles. The second-order valence-electron chi connectivity index (χ2n) is 4.99. The number of carbonyl (C=O) groups excluding carboxylic acids is 1. The molecule has 0 heterocycles. The molecule has 1 fully saturated rings. The lowest BCUT2D eigenvalue weighted by molar-refractivity contribution is -0.122. The van der Waals surface area contributed by atoms with Gasteiger partial charge in [-0.25, -0.2) is 4.39 Å². The summed E-state index contributed by atoms with van der Waals surface area (Å²) in [5.41, 5.74) is 0.759. The maximum absolute atomic E-state index is 13.1. The monoisotopic (exact) mass is 298 g/mol. The van der Waals surface area contributed by atoms with Crippen molar-refractivity contribution in [3.05, 3.63) is 34.1 Å². The van der Waals surface area contributed by atoms with E-state index in [2.05, 4.69) is 22.9 Å². The van der Waals surface area contributed by atoms with Crippen LogP contribution in [0.1, 0.15) is 31.7 Å². The standard InChI is InChI=1S/C14H16BrFO/c1-9-2-3-10(6-9)14(17)8-11-7-12(16)4-5-13(11)15/h4-5,7,9-10H,2-3,6,8H2,1H3. The van der Waals surface area contributed by atoms with E-state index in [9.17, 15) is 9.18 Å². The van der Waals surface area contributed by atoms with Gasteiger partial charge in [0.15, 0.2) is 0 Å². The van der Waals surface area contributed by atoms with E-state index < -0.39 is 0 Å². The predicted molar refractivity (Wildman–Crippen MR) is 69.3 cm³/mol. The molecule has 1 aromatic carbocycles. The molecular weight excluding hydrogens is 283 g/mol. The third kappa shape index (κ3) is 3.15. The van der Waals surface area contributed by atoms with Crippen molar-refractivity contribution in [3.8, 4) is 0 Å². The first-order chi connectivity index (χ1) is 8.06. The van der Waals surface area contributed by atoms with Crippen LogP contribution in [0, 0.1) is 17.7 Å². The summed E-state index contributed by atoms with van der Waals surface area (Å²) in [4.78, 5) is 12.1. The molecule has 2 atom stereocenters. The molecule has 1 nitrogen and oxygen atoms in total. The second-order valence-corrected chi connectivity index (χ2v) is 5.85. The van der Waals surface area contributed by atoms with Gasteiger partial charge < -0.3 is 0 Å². The lowest BCUT2D eigenvalue weighted by Crippen LogP contribution is -2.14. The number of hydrogen-bond donors (Lipinski definition) is 0. The number of hydrogen-bond acceptors (Lipinski definition) is 1. The Morgan fingerprint density at radius 3 is 2.88 bits per heavy atom. The number of halogens is 2. The zero-order valence-corrected chi connectivity index (χ0v) is 11.5. The topological polar surface area (TPSA) is 17.1 Å². The smallest absolute Gasteiger partial charge is 0.140 e. The third-order valence-corrected chi connectivity index (χ3v) is 4.30. The quantitative estimate of drug-likeness (QED) is 0.820. The molecule has 0 radical (unpaired) electrons. The summed E-state index contributed by atoms with van der Waals surface area (Å²) >= 11 is 3.36. The van der Waals surface area contributed by atoms with Crippen molar-refractivity contribution in [1.29, 1.82) is 0 Å². The molecule has 0 aromatic heterocycles. The van der Waals surface area contributed by atoms with Gasteiger partial charge in [-0.2, -0.15) is 0 Å². The van der Waals surface area contributed by atoms with Gasteiger partial charge in [0.25, 0.3) is 0 Å². The van der Waals surface area contributed by atoms with Gasteiger partial charge in [0.2, 0.25) is 0 Å². The maximum Gasteiger partial charge on any atom is 0.140 e. The Morgan fingerprint density at radius 1 is 1.47 bits per heavy atom. The predicted octanol–water partition coefficient (Wildman–Crippen LogP) is 4.14. The second kappa shape index (κ2) is 5.30. The van der Waals surface area contributed by atoms with E-state index in [0.717, 1.165) is 29.3 Å². The molecule has 17 heavy (non-hydrogen) atoms. The van der Waals surface area contributed by atoms with Gasteiger partial charge in [-0.15, -0.1) is 0 Å². The van der Waals surface area contributed by atoms with Gasteiger partial charge in [-0.05, 0) is 48.9 Å². The van der Waals surface area contributed by atoms with Gasteiger partial charge in [0, 0.05) is 16.8 Å². The van der Waals surface area contributed by atoms with Gasteiger partial charge in [0.05, 0.1) is 0 Å². The SMILES string of the molecule is CC1CCC(C(=O)Cc2cc(F)ccc2Br)C1. The summed E-state index contributed by atoms with van der Waals surface area (Å²) in [5, 5.41) is 0. The number of benzene rings is 1. The number of rotatable bonds is 3. The fourth-order valence-corrected chi connectivity index (χ4v) is 2.90. The molecular formula is C14H16BrFO. The Bertz CT molecular complexity index is 430. The molecule has 0 spiro atoms. The highest BCUT2D eigenvalue weighted by atomic mass is 79.9. The van der Waals surface area contributed by atoms with Crippen LogP contribution in [0.3, 0.4) is 0 Å². The molecule has 2 unspecified atom stereocenters. The van der Waals surface area contributed by atoms with Crippen LogP contribution in [0.25, 0.3) is 0 Å². The molecule has 2 rings (SSSR count). The van der Waals surface area contributed by atoms with Crippen LogP contribution in [0.15, 0.2) is 22.7 Å². The van der Waals surface area contributed by atoms with Crippen LogP contribution < -0.4 is 0 Å². The lowest BCUT2D eigenvalue weighted by atomic mass is 9.96. The Morgan fingerprint density at radius 2 is 2.24 bits per heavy atom. The zero-order chi connectivity index (χ0) is 12.4. The number of Topliss-reactive ketones (excluding diaryl/α,β-unsaturated/α-hetero) is 1. The fourth-order valence-electron chi connectivity index (χ4n) is 2.51. The summed E-state index contributed by atoms with van der Waals surface area (Å²) in [7, 11) is 0. The van der Waals surface area contributed by atoms with Crippen molar-refractivity contribution in [1.82, 2.24) is 0 Å². The molecule has 0 aliphatic heterocycles. The highest BCUT2D eigenvalue weighted by molar-refractivity contribution is 9.10. The molecule has 3 heteroatoms. The van der Waals surface area contributed by atoms with Gasteiger partial charge >= 0.3 is 0 Å². The Kier molecular flexibility index (Phi) is 3.97. The zero-order valence-electron chi connectivity index (χ0n) is 9.88. The van der Waals surface area contributed by atoms with Crippen LogP contribution in [0.5, 0.6) is 0 Å². The summed E-state index contributed by atoms with van der Waals surface area (Å²) < 4.78 is 13.9. The summed E-state index contributed by atoms with van der Waals surface area (Å²) in [6, 6.07) is 4.51. The first-order valence-electron chi connectivity index (χ1n) is 6.03. The molecule has 0 amide bonds. The average molecular weight is 299 g/mol. The molecule has 0 N–H and O–H groups in total. The first-order valence-corrected chi connectivity index (χ1v) is 6.82. The van der Waals surface area contributed by atoms with E-state index in [1.165, 1.54) is 12.1 Å². The van der Waals surface area contributed by atoms with Gasteiger partial charge in [0.1, 0.15) is 11.6 Å². The first kappa shape index (κ1) is 12.7. The molecule has 1 aliphatic rings. The average Bonchev–Trinajstić information content (AvgIpc) is 2.70. The van der Waals surface area contributed by atoms with Crippen LogP contribution in [0.2, 0.25) is 0 Å². The summed E-state index contributed by atoms with van der Waals surface area (Å²) in [5.74, 6) is 0.802. The number of ketones is 1. The highest BCUT2D eigenvalue weighted by Gasteiger charge is 2.27. The van der Waals surface area contributed by atoms with E-state index in [4.69, 9.17) is 0 Å². The molecule has 1 aliphatic carbocycles. The van der Waals surface area contributed by atoms with Gasteiger partial charge in [-0.3, -0.25) is 4.79 Å². The van der Waals surface area contributed by atoms with Crippen LogP contribution >= 0.6 is 15.9 Å². The van der Waals surface area contributed by atoms with Crippen molar-refractivity contribution >= 4 is 21.7 Å². The molecule has 1 aromatic rings. The highest BCUT2D eigenvalue weighted by Crippen LogP contribution is 2.32. The van der Waals surface area contributed by atoms with Crippen molar-refractivity contribution in [2.45, 2.75) is 32.6 Å². The Balaban J connectivity index is 2.05. The van der Waals surface area contributed by atoms with E-state index >= 15 is 0 Å². The summed E-state index contributed by atoms with van der Waals surface area (Å²) in [6.07, 6.45) is 3.47. The lowest BCUT2D eigenvalue weighted by Gasteiger charge is -2.09. The van der Waals surface area contributed by atoms with E-state index in [1.54, 1.807) is 6.07 Å². The van der Waals surface area contributed by atoms with E-state index in [1.807, 2.05) is 0 Å². The maximum atomic E-state index is 13.1. The fraction of sp³-hybridized carbons (Fsp3) is 0.500.